The third kappa shape index (κ3) is 8.69. The predicted molar refractivity (Wildman–Crippen MR) is 197 cm³/mol. The Morgan fingerprint density at radius 1 is 1.04 bits per heavy atom. The van der Waals surface area contributed by atoms with Gasteiger partial charge in [-0.15, -0.1) is 5.10 Å². The molecule has 0 aliphatic carbocycles. The largest absolute Gasteiger partial charge is 0.419 e. The Bertz CT molecular complexity index is 1990. The Hall–Kier alpha value is -4.76. The lowest BCUT2D eigenvalue weighted by Gasteiger charge is -2.26. The molecule has 264 valence electrons. The summed E-state index contributed by atoms with van der Waals surface area (Å²) in [5.74, 6) is 0.919. The minimum Gasteiger partial charge on any atom is -0.419 e. The van der Waals surface area contributed by atoms with Crippen molar-refractivity contribution in [3.8, 4) is 22.9 Å². The monoisotopic (exact) mass is 721 g/mol. The van der Waals surface area contributed by atoms with Crippen molar-refractivity contribution in [2.75, 3.05) is 52.1 Å². The van der Waals surface area contributed by atoms with Crippen molar-refractivity contribution in [1.29, 1.82) is 0 Å². The highest BCUT2D eigenvalue weighted by molar-refractivity contribution is 6.39. The highest BCUT2D eigenvalue weighted by Gasteiger charge is 2.18. The first kappa shape index (κ1) is 36.5. The van der Waals surface area contributed by atoms with E-state index in [1.54, 1.807) is 69.9 Å². The van der Waals surface area contributed by atoms with E-state index in [4.69, 9.17) is 27.9 Å². The number of urea groups is 1. The Labute approximate surface area is 300 Å². The second-order valence-corrected chi connectivity index (χ2v) is 12.3. The van der Waals surface area contributed by atoms with Crippen LogP contribution in [0, 0.1) is 0 Å². The van der Waals surface area contributed by atoms with Crippen LogP contribution in [0.5, 0.6) is 11.8 Å². The normalized spacial score (nSPS) is 13.0. The smallest absolute Gasteiger partial charge is 0.317 e. The average Bonchev–Trinajstić information content (AvgIpc) is 3.57. The molecule has 0 radical (unpaired) electrons. The number of fused-ring (bicyclic) bond motifs is 1. The van der Waals surface area contributed by atoms with Crippen LogP contribution in [0.4, 0.5) is 16.4 Å². The number of ether oxygens (including phenoxy) is 1. The minimum absolute atomic E-state index is 0.138. The third-order valence-corrected chi connectivity index (χ3v) is 8.50. The number of anilines is 2. The summed E-state index contributed by atoms with van der Waals surface area (Å²) >= 11 is 12.8. The summed E-state index contributed by atoms with van der Waals surface area (Å²) < 4.78 is 9.36. The summed E-state index contributed by atoms with van der Waals surface area (Å²) in [4.78, 5) is 43.1. The van der Waals surface area contributed by atoms with Gasteiger partial charge in [0.2, 0.25) is 17.7 Å². The second kappa shape index (κ2) is 16.8. The van der Waals surface area contributed by atoms with E-state index < -0.39 is 0 Å². The highest BCUT2D eigenvalue weighted by Crippen LogP contribution is 2.34. The Morgan fingerprint density at radius 3 is 2.50 bits per heavy atom. The number of aryl methyl sites for hydroxylation is 1. The molecule has 14 nitrogen and oxygen atoms in total. The van der Waals surface area contributed by atoms with Gasteiger partial charge in [0.25, 0.3) is 5.56 Å². The zero-order valence-electron chi connectivity index (χ0n) is 28.7. The van der Waals surface area contributed by atoms with Gasteiger partial charge in [0.1, 0.15) is 5.65 Å². The van der Waals surface area contributed by atoms with Crippen LogP contribution in [0.1, 0.15) is 19.4 Å². The van der Waals surface area contributed by atoms with Crippen molar-refractivity contribution in [2.24, 2.45) is 7.05 Å². The molecule has 1 aliphatic rings. The molecule has 1 aliphatic heterocycles. The van der Waals surface area contributed by atoms with Gasteiger partial charge in [-0.3, -0.25) is 18.9 Å². The maximum absolute atomic E-state index is 13.4. The first-order chi connectivity index (χ1) is 24.2. The minimum atomic E-state index is -0.310. The van der Waals surface area contributed by atoms with Crippen LogP contribution in [0.2, 0.25) is 10.0 Å². The Kier molecular flexibility index (Phi) is 12.2. The fourth-order valence-corrected chi connectivity index (χ4v) is 5.88. The first-order valence-electron chi connectivity index (χ1n) is 16.3. The van der Waals surface area contributed by atoms with Crippen molar-refractivity contribution in [3.63, 3.8) is 0 Å². The number of halogens is 2. The molecule has 1 fully saturated rings. The van der Waals surface area contributed by atoms with Gasteiger partial charge in [-0.1, -0.05) is 43.1 Å². The van der Waals surface area contributed by atoms with Crippen molar-refractivity contribution in [3.05, 3.63) is 81.0 Å². The molecule has 3 N–H and O–H groups in total. The molecule has 16 heteroatoms. The van der Waals surface area contributed by atoms with Crippen molar-refractivity contribution < 1.29 is 9.53 Å². The average molecular weight is 723 g/mol. The van der Waals surface area contributed by atoms with E-state index in [9.17, 15) is 9.59 Å². The van der Waals surface area contributed by atoms with E-state index >= 15 is 0 Å². The van der Waals surface area contributed by atoms with Crippen LogP contribution >= 0.6 is 23.2 Å². The lowest BCUT2D eigenvalue weighted by Crippen LogP contribution is -2.44. The quantitative estimate of drug-likeness (QED) is 0.177. The number of benzene rings is 1. The molecule has 2 amide bonds. The van der Waals surface area contributed by atoms with Crippen LogP contribution in [-0.4, -0.2) is 91.9 Å². The summed E-state index contributed by atoms with van der Waals surface area (Å²) in [6, 6.07) is 10.1. The number of nitrogens with one attached hydrogen (secondary N) is 3. The summed E-state index contributed by atoms with van der Waals surface area (Å²) in [6.45, 7) is 9.77. The summed E-state index contributed by atoms with van der Waals surface area (Å²) in [5.41, 5.74) is 2.04. The topological polar surface area (TPSA) is 147 Å². The highest BCUT2D eigenvalue weighted by atomic mass is 35.5. The van der Waals surface area contributed by atoms with Crippen LogP contribution in [0.25, 0.3) is 22.2 Å². The van der Waals surface area contributed by atoms with E-state index in [1.807, 2.05) is 24.7 Å². The van der Waals surface area contributed by atoms with E-state index in [2.05, 4.69) is 40.9 Å². The number of hydrogen-bond donors (Lipinski definition) is 3. The number of piperazine rings is 1. The molecule has 5 heterocycles. The number of rotatable bonds is 10. The lowest BCUT2D eigenvalue weighted by atomic mass is 10.1. The number of aromatic nitrogens is 6. The SMILES string of the molecule is CC.CN(C)C(=O)NCc1cc(Nc2ncc3cc(-c4c(Cl)cccc4Cl)c(=O)n(C)c3n2)cnc1Oc1ccn(CCN2CCNCC2)n1. The van der Waals surface area contributed by atoms with Gasteiger partial charge in [0.15, 0.2) is 0 Å². The number of pyridine rings is 2. The molecule has 0 spiro atoms. The van der Waals surface area contributed by atoms with Gasteiger partial charge < -0.3 is 25.6 Å². The fraction of sp³-hybridized carbons (Fsp3) is 0.353. The zero-order valence-corrected chi connectivity index (χ0v) is 30.2. The van der Waals surface area contributed by atoms with E-state index in [0.29, 0.717) is 55.2 Å². The molecular formula is C34H41Cl2N11O3. The van der Waals surface area contributed by atoms with E-state index in [1.165, 1.54) is 9.47 Å². The van der Waals surface area contributed by atoms with Gasteiger partial charge in [-0.2, -0.15) is 4.98 Å². The van der Waals surface area contributed by atoms with Crippen molar-refractivity contribution in [2.45, 2.75) is 26.9 Å². The molecule has 0 bridgehead atoms. The van der Waals surface area contributed by atoms with Crippen molar-refractivity contribution in [1.82, 2.24) is 49.7 Å². The first-order valence-corrected chi connectivity index (χ1v) is 17.1. The molecule has 0 saturated carbocycles. The van der Waals surface area contributed by atoms with E-state index in [-0.39, 0.29) is 24.1 Å². The lowest BCUT2D eigenvalue weighted by molar-refractivity contribution is 0.217. The summed E-state index contributed by atoms with van der Waals surface area (Å²) in [6.07, 6.45) is 5.06. The van der Waals surface area contributed by atoms with Crippen molar-refractivity contribution >= 4 is 51.9 Å². The maximum atomic E-state index is 13.4. The Balaban J connectivity index is 0.00000239. The molecule has 50 heavy (non-hydrogen) atoms. The molecule has 5 aromatic rings. The van der Waals surface area contributed by atoms with Gasteiger partial charge >= 0.3 is 6.03 Å². The third-order valence-electron chi connectivity index (χ3n) is 7.87. The standard InChI is InChI=1S/C32H35Cl2N11O3.C2H6/c1-42(2)32(47)38-18-21-15-22(19-36-29(21)48-26-7-10-45(41-26)14-13-44-11-8-35-9-12-44)39-31-37-17-20-16-23(30(46)43(3)28(20)40-31)27-24(33)5-4-6-25(27)34;1-2/h4-7,10,15-17,19,35H,8-9,11-14,18H2,1-3H3,(H,38,47)(H,37,39,40);1-2H3. The van der Waals surface area contributed by atoms with Crippen LogP contribution < -0.4 is 26.2 Å². The van der Waals surface area contributed by atoms with Gasteiger partial charge in [-0.25, -0.2) is 14.8 Å². The number of carbonyl (C=O) groups excluding carboxylic acids is 1. The number of nitrogens with zero attached hydrogens (tertiary/aromatic N) is 8. The molecular weight excluding hydrogens is 681 g/mol. The molecule has 4 aromatic heterocycles. The molecule has 0 atom stereocenters. The van der Waals surface area contributed by atoms with Gasteiger partial charge in [-0.05, 0) is 24.3 Å². The molecule has 1 aromatic carbocycles. The van der Waals surface area contributed by atoms with Gasteiger partial charge in [0.05, 0.1) is 34.0 Å². The van der Waals surface area contributed by atoms with Crippen LogP contribution in [0.3, 0.4) is 0 Å². The molecule has 0 unspecified atom stereocenters. The van der Waals surface area contributed by atoms with Crippen LogP contribution in [-0.2, 0) is 20.1 Å². The number of carbonyl (C=O) groups is 1. The fourth-order valence-electron chi connectivity index (χ4n) is 5.28. The van der Waals surface area contributed by atoms with E-state index in [0.717, 1.165) is 39.3 Å². The Morgan fingerprint density at radius 2 is 1.78 bits per heavy atom. The molecule has 6 rings (SSSR count). The summed E-state index contributed by atoms with van der Waals surface area (Å²) in [7, 11) is 4.94. The molecule has 1 saturated heterocycles. The zero-order chi connectivity index (χ0) is 35.8. The summed E-state index contributed by atoms with van der Waals surface area (Å²) in [5, 5.41) is 15.3. The van der Waals surface area contributed by atoms with Gasteiger partial charge in [0, 0.05) is 95.4 Å². The van der Waals surface area contributed by atoms with Crippen LogP contribution in [0.15, 0.2) is 59.8 Å². The maximum Gasteiger partial charge on any atom is 0.317 e. The number of hydrogen-bond acceptors (Lipinski definition) is 10. The second-order valence-electron chi connectivity index (χ2n) is 11.5. The number of amides is 2. The predicted octanol–water partition coefficient (Wildman–Crippen LogP) is 5.13.